The van der Waals surface area contributed by atoms with E-state index in [4.69, 9.17) is 0 Å². The molecule has 2 heteroatoms. The summed E-state index contributed by atoms with van der Waals surface area (Å²) in [5, 5.41) is 9.62. The van der Waals surface area contributed by atoms with Gasteiger partial charge in [-0.1, -0.05) is 13.3 Å². The van der Waals surface area contributed by atoms with Crippen LogP contribution in [-0.2, 0) is 6.42 Å². The number of phenols is 1. The highest BCUT2D eigenvalue weighted by Crippen LogP contribution is 2.24. The molecular weight excluding hydrogens is 174 g/mol. The molecule has 0 heterocycles. The second-order valence-electron chi connectivity index (χ2n) is 3.81. The molecule has 0 bridgehead atoms. The second-order valence-corrected chi connectivity index (χ2v) is 3.81. The zero-order valence-corrected chi connectivity index (χ0v) is 9.25. The first-order valence-electron chi connectivity index (χ1n) is 5.14. The highest BCUT2D eigenvalue weighted by atomic mass is 16.3. The van der Waals surface area contributed by atoms with Gasteiger partial charge < -0.3 is 10.0 Å². The van der Waals surface area contributed by atoms with Crippen LogP contribution in [0.25, 0.3) is 0 Å². The molecule has 78 valence electrons. The minimum Gasteiger partial charge on any atom is -0.508 e. The van der Waals surface area contributed by atoms with Crippen molar-refractivity contribution in [3.05, 3.63) is 23.8 Å². The molecule has 1 aromatic rings. The third-order valence-electron chi connectivity index (χ3n) is 2.38. The predicted octanol–water partition coefficient (Wildman–Crippen LogP) is 2.80. The van der Waals surface area contributed by atoms with Gasteiger partial charge in [0.15, 0.2) is 0 Å². The summed E-state index contributed by atoms with van der Waals surface area (Å²) in [5.74, 6) is 0.420. The van der Waals surface area contributed by atoms with Crippen molar-refractivity contribution in [3.63, 3.8) is 0 Å². The van der Waals surface area contributed by atoms with Gasteiger partial charge in [-0.3, -0.25) is 0 Å². The highest BCUT2D eigenvalue weighted by Gasteiger charge is 2.03. The van der Waals surface area contributed by atoms with Gasteiger partial charge >= 0.3 is 0 Å². The molecule has 1 rings (SSSR count). The van der Waals surface area contributed by atoms with Crippen molar-refractivity contribution in [1.82, 2.24) is 0 Å². The summed E-state index contributed by atoms with van der Waals surface area (Å²) >= 11 is 0. The summed E-state index contributed by atoms with van der Waals surface area (Å²) in [5.41, 5.74) is 2.20. The molecule has 0 atom stereocenters. The van der Waals surface area contributed by atoms with Crippen molar-refractivity contribution in [1.29, 1.82) is 0 Å². The molecule has 0 saturated carbocycles. The van der Waals surface area contributed by atoms with Crippen molar-refractivity contribution in [2.45, 2.75) is 26.2 Å². The fourth-order valence-corrected chi connectivity index (χ4v) is 1.42. The monoisotopic (exact) mass is 193 g/mol. The molecule has 0 aliphatic heterocycles. The Morgan fingerprint density at radius 1 is 1.29 bits per heavy atom. The van der Waals surface area contributed by atoms with E-state index in [2.05, 4.69) is 17.9 Å². The maximum atomic E-state index is 9.62. The van der Waals surface area contributed by atoms with E-state index in [0.29, 0.717) is 5.75 Å². The van der Waals surface area contributed by atoms with Crippen LogP contribution < -0.4 is 4.90 Å². The number of unbranched alkanes of at least 4 members (excludes halogenated alkanes) is 1. The molecule has 0 amide bonds. The molecule has 2 nitrogen and oxygen atoms in total. The number of aromatic hydroxyl groups is 1. The maximum Gasteiger partial charge on any atom is 0.118 e. The third-order valence-corrected chi connectivity index (χ3v) is 2.38. The Bertz CT molecular complexity index is 294. The van der Waals surface area contributed by atoms with Crippen LogP contribution in [0.1, 0.15) is 25.3 Å². The molecule has 0 aliphatic rings. The van der Waals surface area contributed by atoms with E-state index in [1.54, 1.807) is 6.07 Å². The lowest BCUT2D eigenvalue weighted by atomic mass is 10.1. The number of hydrogen-bond acceptors (Lipinski definition) is 2. The van der Waals surface area contributed by atoms with Crippen molar-refractivity contribution in [2.75, 3.05) is 19.0 Å². The van der Waals surface area contributed by atoms with E-state index < -0.39 is 0 Å². The Morgan fingerprint density at radius 3 is 2.57 bits per heavy atom. The van der Waals surface area contributed by atoms with Crippen LogP contribution in [0.5, 0.6) is 5.75 Å². The highest BCUT2D eigenvalue weighted by molar-refractivity contribution is 5.51. The van der Waals surface area contributed by atoms with Crippen LogP contribution in [0.4, 0.5) is 5.69 Å². The average molecular weight is 193 g/mol. The number of phenolic OH excluding ortho intramolecular Hbond substituents is 1. The molecule has 0 aliphatic carbocycles. The van der Waals surface area contributed by atoms with Gasteiger partial charge in [-0.05, 0) is 36.6 Å². The first-order valence-corrected chi connectivity index (χ1v) is 5.14. The first-order chi connectivity index (χ1) is 6.65. The van der Waals surface area contributed by atoms with Crippen molar-refractivity contribution in [2.24, 2.45) is 0 Å². The Morgan fingerprint density at radius 2 is 2.00 bits per heavy atom. The maximum absolute atomic E-state index is 9.62. The fourth-order valence-electron chi connectivity index (χ4n) is 1.42. The smallest absolute Gasteiger partial charge is 0.118 e. The van der Waals surface area contributed by atoms with E-state index in [1.807, 2.05) is 20.2 Å². The van der Waals surface area contributed by atoms with Gasteiger partial charge in [0.2, 0.25) is 0 Å². The van der Waals surface area contributed by atoms with Gasteiger partial charge in [0.05, 0.1) is 0 Å². The molecule has 0 radical (unpaired) electrons. The summed E-state index contributed by atoms with van der Waals surface area (Å²) in [7, 11) is 4.02. The zero-order valence-electron chi connectivity index (χ0n) is 9.25. The number of nitrogens with zero attached hydrogens (tertiary/aromatic N) is 1. The molecule has 0 spiro atoms. The van der Waals surface area contributed by atoms with E-state index >= 15 is 0 Å². The Kier molecular flexibility index (Phi) is 3.81. The largest absolute Gasteiger partial charge is 0.508 e. The third kappa shape index (κ3) is 2.66. The Labute approximate surface area is 86.2 Å². The minimum atomic E-state index is 0.420. The summed E-state index contributed by atoms with van der Waals surface area (Å²) in [6, 6.07) is 5.77. The van der Waals surface area contributed by atoms with Crippen molar-refractivity contribution in [3.8, 4) is 5.75 Å². The van der Waals surface area contributed by atoms with Gasteiger partial charge in [-0.15, -0.1) is 0 Å². The summed E-state index contributed by atoms with van der Waals surface area (Å²) in [4.78, 5) is 2.05. The number of hydrogen-bond donors (Lipinski definition) is 1. The number of aryl methyl sites for hydroxylation is 1. The molecule has 1 aromatic carbocycles. The molecule has 1 N–H and O–H groups in total. The molecule has 0 fully saturated rings. The predicted molar refractivity (Wildman–Crippen MR) is 61.0 cm³/mol. The lowest BCUT2D eigenvalue weighted by Gasteiger charge is -2.14. The van der Waals surface area contributed by atoms with Crippen LogP contribution in [0, 0.1) is 0 Å². The van der Waals surface area contributed by atoms with Crippen LogP contribution >= 0.6 is 0 Å². The number of benzene rings is 1. The summed E-state index contributed by atoms with van der Waals surface area (Å²) in [6.45, 7) is 2.16. The molecule has 0 unspecified atom stereocenters. The van der Waals surface area contributed by atoms with E-state index in [9.17, 15) is 5.11 Å². The van der Waals surface area contributed by atoms with E-state index in [-0.39, 0.29) is 0 Å². The standard InChI is InChI=1S/C12H19NO/c1-4-5-6-10-9-11(13(2)3)7-8-12(10)14/h7-9,14H,4-6H2,1-3H3. The van der Waals surface area contributed by atoms with Gasteiger partial charge in [-0.2, -0.15) is 0 Å². The molecule has 14 heavy (non-hydrogen) atoms. The van der Waals surface area contributed by atoms with Crippen LogP contribution in [0.15, 0.2) is 18.2 Å². The van der Waals surface area contributed by atoms with Gasteiger partial charge in [0, 0.05) is 19.8 Å². The van der Waals surface area contributed by atoms with Crippen LogP contribution in [0.3, 0.4) is 0 Å². The summed E-state index contributed by atoms with van der Waals surface area (Å²) in [6.07, 6.45) is 3.25. The van der Waals surface area contributed by atoms with Gasteiger partial charge in [-0.25, -0.2) is 0 Å². The minimum absolute atomic E-state index is 0.420. The topological polar surface area (TPSA) is 23.5 Å². The van der Waals surface area contributed by atoms with Crippen molar-refractivity contribution < 1.29 is 5.11 Å². The lowest BCUT2D eigenvalue weighted by Crippen LogP contribution is -2.08. The summed E-state index contributed by atoms with van der Waals surface area (Å²) < 4.78 is 0. The molecule has 0 aromatic heterocycles. The normalized spacial score (nSPS) is 10.2. The number of anilines is 1. The Balaban J connectivity index is 2.85. The van der Waals surface area contributed by atoms with E-state index in [0.717, 1.165) is 30.5 Å². The molecule has 0 saturated heterocycles. The number of rotatable bonds is 4. The second kappa shape index (κ2) is 4.89. The van der Waals surface area contributed by atoms with Crippen LogP contribution in [-0.4, -0.2) is 19.2 Å². The SMILES string of the molecule is CCCCc1cc(N(C)C)ccc1O. The lowest BCUT2D eigenvalue weighted by molar-refractivity contribution is 0.467. The van der Waals surface area contributed by atoms with Gasteiger partial charge in [0.1, 0.15) is 5.75 Å². The first kappa shape index (κ1) is 10.9. The fraction of sp³-hybridized carbons (Fsp3) is 0.500. The average Bonchev–Trinajstić information content (AvgIpc) is 2.16. The van der Waals surface area contributed by atoms with Crippen molar-refractivity contribution >= 4 is 5.69 Å². The van der Waals surface area contributed by atoms with Gasteiger partial charge in [0.25, 0.3) is 0 Å². The Hall–Kier alpha value is -1.18. The quantitative estimate of drug-likeness (QED) is 0.794. The zero-order chi connectivity index (χ0) is 10.6. The van der Waals surface area contributed by atoms with E-state index in [1.165, 1.54) is 0 Å². The molecular formula is C12H19NO. The van der Waals surface area contributed by atoms with Crippen LogP contribution in [0.2, 0.25) is 0 Å².